The molecular formula is C15H22F2N2. The molecule has 0 aromatic heterocycles. The van der Waals surface area contributed by atoms with E-state index in [0.717, 1.165) is 31.2 Å². The van der Waals surface area contributed by atoms with Gasteiger partial charge in [-0.1, -0.05) is 26.7 Å². The van der Waals surface area contributed by atoms with Crippen molar-refractivity contribution in [2.75, 3.05) is 0 Å². The number of rotatable bonds is 7. The van der Waals surface area contributed by atoms with Crippen LogP contribution in [0.4, 0.5) is 8.78 Å². The van der Waals surface area contributed by atoms with Crippen LogP contribution in [-0.2, 0) is 12.8 Å². The smallest absolute Gasteiger partial charge is 0.170 e. The number of nitrogens with two attached hydrogens (primary N) is 1. The molecule has 4 heteroatoms. The minimum atomic E-state index is -0.987. The van der Waals surface area contributed by atoms with Crippen LogP contribution in [0.15, 0.2) is 6.07 Å². The average molecular weight is 268 g/mol. The van der Waals surface area contributed by atoms with Crippen LogP contribution < -0.4 is 5.73 Å². The fraction of sp³-hybridized carbons (Fsp3) is 0.533. The molecule has 106 valence electrons. The third-order valence-corrected chi connectivity index (χ3v) is 3.27. The van der Waals surface area contributed by atoms with Gasteiger partial charge in [0.05, 0.1) is 5.56 Å². The maximum Gasteiger partial charge on any atom is 0.170 e. The molecule has 19 heavy (non-hydrogen) atoms. The standard InChI is InChI=1S/C15H22F2N2/c1-3-5-7-10-9-12(15(18)19)14(17)13(16)11(10)8-6-4-2/h9H,3-8H2,1-2H3,(H3,18,19). The molecular weight excluding hydrogens is 246 g/mol. The van der Waals surface area contributed by atoms with Gasteiger partial charge in [0.15, 0.2) is 11.6 Å². The van der Waals surface area contributed by atoms with E-state index in [9.17, 15) is 8.78 Å². The van der Waals surface area contributed by atoms with Gasteiger partial charge in [-0.15, -0.1) is 0 Å². The topological polar surface area (TPSA) is 49.9 Å². The van der Waals surface area contributed by atoms with E-state index < -0.39 is 17.5 Å². The minimum Gasteiger partial charge on any atom is -0.384 e. The van der Waals surface area contributed by atoms with Crippen LogP contribution >= 0.6 is 0 Å². The van der Waals surface area contributed by atoms with E-state index in [1.165, 1.54) is 0 Å². The molecule has 1 rings (SSSR count). The highest BCUT2D eigenvalue weighted by Crippen LogP contribution is 2.24. The van der Waals surface area contributed by atoms with Gasteiger partial charge in [-0.3, -0.25) is 5.41 Å². The van der Waals surface area contributed by atoms with Crippen molar-refractivity contribution in [2.24, 2.45) is 5.73 Å². The van der Waals surface area contributed by atoms with E-state index in [4.69, 9.17) is 11.1 Å². The second-order valence-corrected chi connectivity index (χ2v) is 4.81. The van der Waals surface area contributed by atoms with Crippen LogP contribution in [0.5, 0.6) is 0 Å². The zero-order chi connectivity index (χ0) is 14.4. The molecule has 3 N–H and O–H groups in total. The summed E-state index contributed by atoms with van der Waals surface area (Å²) < 4.78 is 28.0. The Morgan fingerprint density at radius 2 is 1.68 bits per heavy atom. The Balaban J connectivity index is 3.24. The molecule has 0 aliphatic rings. The minimum absolute atomic E-state index is 0.121. The Hall–Kier alpha value is -1.45. The summed E-state index contributed by atoms with van der Waals surface area (Å²) in [6.07, 6.45) is 4.91. The van der Waals surface area contributed by atoms with Gasteiger partial charge in [0, 0.05) is 0 Å². The number of benzene rings is 1. The Morgan fingerprint density at radius 3 is 2.21 bits per heavy atom. The van der Waals surface area contributed by atoms with Crippen molar-refractivity contribution in [1.29, 1.82) is 5.41 Å². The van der Waals surface area contributed by atoms with Crippen LogP contribution in [0.25, 0.3) is 0 Å². The summed E-state index contributed by atoms with van der Waals surface area (Å²) in [6, 6.07) is 1.54. The summed E-state index contributed by atoms with van der Waals surface area (Å²) in [4.78, 5) is 0. The Bertz CT molecular complexity index is 456. The highest BCUT2D eigenvalue weighted by molar-refractivity contribution is 5.95. The zero-order valence-corrected chi connectivity index (χ0v) is 11.7. The fourth-order valence-electron chi connectivity index (χ4n) is 2.13. The SMILES string of the molecule is CCCCc1cc(C(=N)N)c(F)c(F)c1CCCC. The van der Waals surface area contributed by atoms with Crippen LogP contribution in [0.1, 0.15) is 56.2 Å². The van der Waals surface area contributed by atoms with E-state index in [0.29, 0.717) is 18.4 Å². The molecule has 0 bridgehead atoms. The molecule has 0 aliphatic carbocycles. The van der Waals surface area contributed by atoms with Crippen molar-refractivity contribution in [3.8, 4) is 0 Å². The summed E-state index contributed by atoms with van der Waals surface area (Å²) in [5.41, 5.74) is 6.43. The van der Waals surface area contributed by atoms with Gasteiger partial charge in [-0.25, -0.2) is 8.78 Å². The number of hydrogen-bond acceptors (Lipinski definition) is 1. The summed E-state index contributed by atoms with van der Waals surface area (Å²) >= 11 is 0. The molecule has 0 unspecified atom stereocenters. The second kappa shape index (κ2) is 7.22. The van der Waals surface area contributed by atoms with E-state index in [2.05, 4.69) is 6.92 Å². The highest BCUT2D eigenvalue weighted by atomic mass is 19.2. The third-order valence-electron chi connectivity index (χ3n) is 3.27. The first-order valence-corrected chi connectivity index (χ1v) is 6.87. The lowest BCUT2D eigenvalue weighted by Gasteiger charge is -2.14. The molecule has 2 nitrogen and oxygen atoms in total. The summed E-state index contributed by atoms with van der Waals surface area (Å²) in [5, 5.41) is 7.33. The Kier molecular flexibility index (Phi) is 5.93. The third kappa shape index (κ3) is 3.75. The zero-order valence-electron chi connectivity index (χ0n) is 11.7. The van der Waals surface area contributed by atoms with Gasteiger partial charge in [-0.2, -0.15) is 0 Å². The molecule has 1 aromatic rings. The lowest BCUT2D eigenvalue weighted by Crippen LogP contribution is -2.16. The van der Waals surface area contributed by atoms with Gasteiger partial charge < -0.3 is 5.73 Å². The molecule has 1 aromatic carbocycles. The van der Waals surface area contributed by atoms with E-state index >= 15 is 0 Å². The molecule has 0 fully saturated rings. The molecule has 0 saturated carbocycles. The molecule has 0 atom stereocenters. The number of unbranched alkanes of at least 4 members (excludes halogenated alkanes) is 2. The molecule has 0 radical (unpaired) electrons. The number of nitrogen functional groups attached to an aromatic ring is 1. The van der Waals surface area contributed by atoms with Crippen molar-refractivity contribution in [2.45, 2.75) is 52.4 Å². The van der Waals surface area contributed by atoms with Gasteiger partial charge in [0.1, 0.15) is 5.84 Å². The second-order valence-electron chi connectivity index (χ2n) is 4.81. The first-order chi connectivity index (χ1) is 9.02. The number of nitrogens with one attached hydrogen (secondary N) is 1. The summed E-state index contributed by atoms with van der Waals surface area (Å²) in [6.45, 7) is 4.07. The molecule has 0 heterocycles. The normalized spacial score (nSPS) is 10.7. The van der Waals surface area contributed by atoms with Gasteiger partial charge in [-0.05, 0) is 42.9 Å². The molecule has 0 aliphatic heterocycles. The summed E-state index contributed by atoms with van der Waals surface area (Å²) in [7, 11) is 0. The maximum absolute atomic E-state index is 14.1. The fourth-order valence-corrected chi connectivity index (χ4v) is 2.13. The number of amidine groups is 1. The largest absolute Gasteiger partial charge is 0.384 e. The predicted octanol–water partition coefficient (Wildman–Crippen LogP) is 3.93. The molecule has 0 amide bonds. The Labute approximate surface area is 113 Å². The van der Waals surface area contributed by atoms with Crippen molar-refractivity contribution in [3.63, 3.8) is 0 Å². The van der Waals surface area contributed by atoms with E-state index in [1.807, 2.05) is 6.92 Å². The number of halogens is 2. The number of aryl methyl sites for hydroxylation is 1. The van der Waals surface area contributed by atoms with Crippen molar-refractivity contribution in [3.05, 3.63) is 34.4 Å². The lowest BCUT2D eigenvalue weighted by molar-refractivity contribution is 0.492. The Morgan fingerprint density at radius 1 is 1.11 bits per heavy atom. The molecule has 0 spiro atoms. The van der Waals surface area contributed by atoms with Crippen molar-refractivity contribution in [1.82, 2.24) is 0 Å². The van der Waals surface area contributed by atoms with E-state index in [-0.39, 0.29) is 5.56 Å². The molecule has 0 saturated heterocycles. The predicted molar refractivity (Wildman–Crippen MR) is 74.6 cm³/mol. The maximum atomic E-state index is 14.1. The highest BCUT2D eigenvalue weighted by Gasteiger charge is 2.19. The average Bonchev–Trinajstić information content (AvgIpc) is 2.38. The van der Waals surface area contributed by atoms with Gasteiger partial charge >= 0.3 is 0 Å². The van der Waals surface area contributed by atoms with Crippen LogP contribution in [0.3, 0.4) is 0 Å². The van der Waals surface area contributed by atoms with Crippen LogP contribution in [0, 0.1) is 17.0 Å². The lowest BCUT2D eigenvalue weighted by atomic mass is 9.94. The first kappa shape index (κ1) is 15.6. The van der Waals surface area contributed by atoms with Crippen molar-refractivity contribution >= 4 is 5.84 Å². The van der Waals surface area contributed by atoms with Gasteiger partial charge in [0.2, 0.25) is 0 Å². The van der Waals surface area contributed by atoms with E-state index in [1.54, 1.807) is 6.07 Å². The van der Waals surface area contributed by atoms with Crippen molar-refractivity contribution < 1.29 is 8.78 Å². The first-order valence-electron chi connectivity index (χ1n) is 6.87. The van der Waals surface area contributed by atoms with Gasteiger partial charge in [0.25, 0.3) is 0 Å². The summed E-state index contributed by atoms with van der Waals surface area (Å²) in [5.74, 6) is -2.23. The number of hydrogen-bond donors (Lipinski definition) is 2. The van der Waals surface area contributed by atoms with Crippen LogP contribution in [0.2, 0.25) is 0 Å². The quantitative estimate of drug-likeness (QED) is 0.571. The monoisotopic (exact) mass is 268 g/mol. The van der Waals surface area contributed by atoms with Crippen LogP contribution in [-0.4, -0.2) is 5.84 Å².